The second kappa shape index (κ2) is 9.16. The SMILES string of the molecule is Cc1cc(C)n(CC(C)NCc2ccc3scnc3c2)n1.O=C(O)C(F)(F)F. The van der Waals surface area contributed by atoms with Gasteiger partial charge in [-0.3, -0.25) is 4.68 Å². The van der Waals surface area contributed by atoms with E-state index in [1.165, 1.54) is 16.0 Å². The third-order valence-electron chi connectivity index (χ3n) is 3.84. The Morgan fingerprint density at radius 1 is 1.32 bits per heavy atom. The summed E-state index contributed by atoms with van der Waals surface area (Å²) in [7, 11) is 0. The number of nitrogens with one attached hydrogen (secondary N) is 1. The summed E-state index contributed by atoms with van der Waals surface area (Å²) in [5.74, 6) is -2.76. The van der Waals surface area contributed by atoms with Gasteiger partial charge in [-0.1, -0.05) is 6.07 Å². The van der Waals surface area contributed by atoms with Crippen molar-refractivity contribution < 1.29 is 23.1 Å². The lowest BCUT2D eigenvalue weighted by atomic mass is 10.2. The van der Waals surface area contributed by atoms with E-state index < -0.39 is 12.1 Å². The molecule has 1 atom stereocenters. The van der Waals surface area contributed by atoms with Gasteiger partial charge >= 0.3 is 12.1 Å². The Morgan fingerprint density at radius 3 is 2.57 bits per heavy atom. The fraction of sp³-hybridized carbons (Fsp3) is 0.389. The molecule has 0 aliphatic rings. The number of hydrogen-bond acceptors (Lipinski definition) is 5. The zero-order valence-corrected chi connectivity index (χ0v) is 16.4. The number of thiazole rings is 1. The van der Waals surface area contributed by atoms with Gasteiger partial charge in [-0.2, -0.15) is 18.3 Å². The molecule has 2 heterocycles. The third-order valence-corrected chi connectivity index (χ3v) is 4.65. The first-order valence-electron chi connectivity index (χ1n) is 8.43. The first kappa shape index (κ1) is 21.8. The summed E-state index contributed by atoms with van der Waals surface area (Å²) in [4.78, 5) is 13.3. The van der Waals surface area contributed by atoms with Gasteiger partial charge in [0.05, 0.1) is 28.0 Å². The molecule has 1 aromatic carbocycles. The lowest BCUT2D eigenvalue weighted by molar-refractivity contribution is -0.192. The van der Waals surface area contributed by atoms with Crippen molar-refractivity contribution in [3.63, 3.8) is 0 Å². The highest BCUT2D eigenvalue weighted by atomic mass is 32.1. The number of benzene rings is 1. The van der Waals surface area contributed by atoms with Gasteiger partial charge in [-0.05, 0) is 44.5 Å². The number of rotatable bonds is 5. The summed E-state index contributed by atoms with van der Waals surface area (Å²) in [6.07, 6.45) is -5.08. The number of carbonyl (C=O) groups is 1. The van der Waals surface area contributed by atoms with Crippen molar-refractivity contribution in [2.75, 3.05) is 0 Å². The highest BCUT2D eigenvalue weighted by Crippen LogP contribution is 2.18. The number of aryl methyl sites for hydroxylation is 2. The van der Waals surface area contributed by atoms with Gasteiger partial charge in [0.2, 0.25) is 0 Å². The van der Waals surface area contributed by atoms with Crippen LogP contribution in [0.5, 0.6) is 0 Å². The number of alkyl halides is 3. The quantitative estimate of drug-likeness (QED) is 0.662. The summed E-state index contributed by atoms with van der Waals surface area (Å²) in [5.41, 5.74) is 6.55. The summed E-state index contributed by atoms with van der Waals surface area (Å²) in [6, 6.07) is 8.96. The normalized spacial score (nSPS) is 12.5. The molecular weight excluding hydrogens is 393 g/mol. The lowest BCUT2D eigenvalue weighted by Crippen LogP contribution is -2.30. The van der Waals surface area contributed by atoms with Crippen molar-refractivity contribution >= 4 is 27.5 Å². The number of aliphatic carboxylic acids is 1. The molecule has 0 saturated heterocycles. The second-order valence-corrected chi connectivity index (χ2v) is 7.23. The van der Waals surface area contributed by atoms with Crippen LogP contribution in [0.1, 0.15) is 23.9 Å². The van der Waals surface area contributed by atoms with Gasteiger partial charge < -0.3 is 10.4 Å². The Morgan fingerprint density at radius 2 is 2.00 bits per heavy atom. The topological polar surface area (TPSA) is 80.0 Å². The molecule has 28 heavy (non-hydrogen) atoms. The number of aromatic nitrogens is 3. The van der Waals surface area contributed by atoms with E-state index >= 15 is 0 Å². The Hall–Kier alpha value is -2.46. The van der Waals surface area contributed by atoms with Gasteiger partial charge in [-0.25, -0.2) is 9.78 Å². The standard InChI is InChI=1S/C16H20N4S.C2HF3O2/c1-11-6-13(3)20(19-11)9-12(2)17-8-14-4-5-16-15(7-14)18-10-21-16;3-2(4,5)1(6)7/h4-7,10,12,17H,8-9H2,1-3H3;(H,6,7). The van der Waals surface area contributed by atoms with E-state index in [1.54, 1.807) is 11.3 Å². The third kappa shape index (κ3) is 6.31. The average molecular weight is 414 g/mol. The molecule has 0 amide bonds. The molecule has 0 fully saturated rings. The second-order valence-electron chi connectivity index (χ2n) is 6.35. The van der Waals surface area contributed by atoms with E-state index in [0.717, 1.165) is 24.3 Å². The predicted molar refractivity (Wildman–Crippen MR) is 101 cm³/mol. The summed E-state index contributed by atoms with van der Waals surface area (Å²) >= 11 is 1.68. The highest BCUT2D eigenvalue weighted by molar-refractivity contribution is 7.16. The van der Waals surface area contributed by atoms with Crippen LogP contribution in [-0.4, -0.2) is 38.1 Å². The van der Waals surface area contributed by atoms with E-state index in [-0.39, 0.29) is 0 Å². The summed E-state index contributed by atoms with van der Waals surface area (Å²) < 4.78 is 35.0. The van der Waals surface area contributed by atoms with Crippen LogP contribution >= 0.6 is 11.3 Å². The van der Waals surface area contributed by atoms with Gasteiger partial charge in [0.25, 0.3) is 0 Å². The van der Waals surface area contributed by atoms with E-state index in [9.17, 15) is 13.2 Å². The maximum atomic E-state index is 10.6. The molecule has 0 spiro atoms. The smallest absolute Gasteiger partial charge is 0.475 e. The monoisotopic (exact) mass is 414 g/mol. The molecule has 0 radical (unpaired) electrons. The highest BCUT2D eigenvalue weighted by Gasteiger charge is 2.38. The zero-order valence-electron chi connectivity index (χ0n) is 15.6. The Balaban J connectivity index is 0.000000345. The van der Waals surface area contributed by atoms with Crippen molar-refractivity contribution in [3.8, 4) is 0 Å². The fourth-order valence-corrected chi connectivity index (χ4v) is 3.15. The van der Waals surface area contributed by atoms with Crippen LogP contribution in [0.2, 0.25) is 0 Å². The number of carboxylic acids is 1. The van der Waals surface area contributed by atoms with Crippen LogP contribution in [-0.2, 0) is 17.9 Å². The number of nitrogens with zero attached hydrogens (tertiary/aromatic N) is 3. The van der Waals surface area contributed by atoms with Crippen LogP contribution in [0.3, 0.4) is 0 Å². The van der Waals surface area contributed by atoms with Crippen LogP contribution in [0.25, 0.3) is 10.2 Å². The van der Waals surface area contributed by atoms with Crippen molar-refractivity contribution in [2.24, 2.45) is 0 Å². The lowest BCUT2D eigenvalue weighted by Gasteiger charge is -2.15. The first-order valence-corrected chi connectivity index (χ1v) is 9.31. The molecule has 0 saturated carbocycles. The van der Waals surface area contributed by atoms with Crippen LogP contribution in [0, 0.1) is 13.8 Å². The van der Waals surface area contributed by atoms with E-state index in [4.69, 9.17) is 9.90 Å². The van der Waals surface area contributed by atoms with Crippen LogP contribution in [0.4, 0.5) is 13.2 Å². The number of carboxylic acid groups (broad SMARTS) is 1. The molecule has 3 aromatic rings. The number of hydrogen-bond donors (Lipinski definition) is 2. The summed E-state index contributed by atoms with van der Waals surface area (Å²) in [6.45, 7) is 8.07. The first-order chi connectivity index (χ1) is 13.1. The molecule has 6 nitrogen and oxygen atoms in total. The molecule has 0 aliphatic carbocycles. The molecule has 3 rings (SSSR count). The Kier molecular flexibility index (Phi) is 7.14. The molecule has 0 bridgehead atoms. The number of fused-ring (bicyclic) bond motifs is 1. The minimum atomic E-state index is -5.08. The molecule has 10 heteroatoms. The molecule has 2 N–H and O–H groups in total. The minimum absolute atomic E-state index is 0.370. The zero-order chi connectivity index (χ0) is 20.9. The summed E-state index contributed by atoms with van der Waals surface area (Å²) in [5, 5.41) is 15.2. The Labute approximate surface area is 164 Å². The van der Waals surface area contributed by atoms with E-state index in [0.29, 0.717) is 6.04 Å². The maximum Gasteiger partial charge on any atom is 0.490 e. The van der Waals surface area contributed by atoms with Crippen molar-refractivity contribution in [1.82, 2.24) is 20.1 Å². The van der Waals surface area contributed by atoms with Gasteiger partial charge in [0.15, 0.2) is 0 Å². The van der Waals surface area contributed by atoms with Gasteiger partial charge in [0, 0.05) is 18.3 Å². The predicted octanol–water partition coefficient (Wildman–Crippen LogP) is 3.92. The van der Waals surface area contributed by atoms with E-state index in [2.05, 4.69) is 58.2 Å². The van der Waals surface area contributed by atoms with Crippen molar-refractivity contribution in [3.05, 3.63) is 46.7 Å². The molecule has 2 aromatic heterocycles. The van der Waals surface area contributed by atoms with E-state index in [1.807, 2.05) is 12.4 Å². The number of halogens is 3. The van der Waals surface area contributed by atoms with Crippen LogP contribution in [0.15, 0.2) is 29.8 Å². The van der Waals surface area contributed by atoms with Crippen molar-refractivity contribution in [1.29, 1.82) is 0 Å². The molecule has 1 unspecified atom stereocenters. The van der Waals surface area contributed by atoms with Crippen molar-refractivity contribution in [2.45, 2.75) is 46.1 Å². The Bertz CT molecular complexity index is 936. The minimum Gasteiger partial charge on any atom is -0.475 e. The molecular formula is C18H21F3N4O2S. The molecule has 152 valence electrons. The maximum absolute atomic E-state index is 10.6. The largest absolute Gasteiger partial charge is 0.490 e. The fourth-order valence-electron chi connectivity index (χ4n) is 2.49. The van der Waals surface area contributed by atoms with Crippen LogP contribution < -0.4 is 5.32 Å². The molecule has 0 aliphatic heterocycles. The van der Waals surface area contributed by atoms with Gasteiger partial charge in [-0.15, -0.1) is 11.3 Å². The average Bonchev–Trinajstić information content (AvgIpc) is 3.18. The van der Waals surface area contributed by atoms with Gasteiger partial charge in [0.1, 0.15) is 0 Å².